The lowest BCUT2D eigenvalue weighted by atomic mass is 10.5. The summed E-state index contributed by atoms with van der Waals surface area (Å²) >= 11 is 0. The fourth-order valence-corrected chi connectivity index (χ4v) is 0.590. The highest BCUT2D eigenvalue weighted by Gasteiger charge is 1.58. The fraction of sp³-hybridized carbons (Fsp3) is 0. The van der Waals surface area contributed by atoms with E-state index in [1.807, 2.05) is 42.7 Å². The van der Waals surface area contributed by atoms with E-state index in [9.17, 15) is 0 Å². The molecule has 2 rings (SSSR count). The van der Waals surface area contributed by atoms with Crippen molar-refractivity contribution >= 4 is 50.9 Å². The standard InChI is InChI=1S/C5H5N.C4H5N.3BrH/c1-2-4-6-5-3-1;1-2-4-5-3-1;;;/h1-5H;1-5H;3*1H. The van der Waals surface area contributed by atoms with Gasteiger partial charge >= 0.3 is 0 Å². The van der Waals surface area contributed by atoms with E-state index in [4.69, 9.17) is 0 Å². The van der Waals surface area contributed by atoms with Crippen LogP contribution in [0.4, 0.5) is 0 Å². The number of hydrogen-bond donors (Lipinski definition) is 1. The van der Waals surface area contributed by atoms with Crippen molar-refractivity contribution in [3.05, 3.63) is 55.1 Å². The zero-order chi connectivity index (χ0) is 7.78. The third-order valence-electron chi connectivity index (χ3n) is 1.06. The Labute approximate surface area is 115 Å². The average molecular weight is 389 g/mol. The highest BCUT2D eigenvalue weighted by Crippen LogP contribution is 1.73. The van der Waals surface area contributed by atoms with Gasteiger partial charge in [0, 0.05) is 24.8 Å². The first-order chi connectivity index (χ1) is 5.50. The maximum Gasteiger partial charge on any atom is 0.0267 e. The van der Waals surface area contributed by atoms with Crippen molar-refractivity contribution < 1.29 is 0 Å². The molecule has 14 heavy (non-hydrogen) atoms. The summed E-state index contributed by atoms with van der Waals surface area (Å²) in [4.78, 5) is 6.65. The van der Waals surface area contributed by atoms with Crippen molar-refractivity contribution in [2.24, 2.45) is 0 Å². The van der Waals surface area contributed by atoms with E-state index >= 15 is 0 Å². The number of nitrogens with zero attached hydrogens (tertiary/aromatic N) is 1. The molecule has 0 saturated heterocycles. The number of nitrogens with one attached hydrogen (secondary N) is 1. The molecule has 0 unspecified atom stereocenters. The van der Waals surface area contributed by atoms with Gasteiger partial charge in [-0.05, 0) is 24.3 Å². The highest BCUT2D eigenvalue weighted by atomic mass is 79.9. The van der Waals surface area contributed by atoms with Crippen LogP contribution in [0.25, 0.3) is 0 Å². The molecule has 0 aliphatic rings. The maximum absolute atomic E-state index is 3.78. The molecule has 0 aromatic carbocycles. The quantitative estimate of drug-likeness (QED) is 0.730. The molecule has 0 fully saturated rings. The molecule has 0 aliphatic heterocycles. The van der Waals surface area contributed by atoms with Crippen LogP contribution in [0.15, 0.2) is 55.1 Å². The van der Waals surface area contributed by atoms with Crippen molar-refractivity contribution in [2.45, 2.75) is 0 Å². The molecule has 2 nitrogen and oxygen atoms in total. The van der Waals surface area contributed by atoms with Gasteiger partial charge in [0.15, 0.2) is 0 Å². The summed E-state index contributed by atoms with van der Waals surface area (Å²) in [6.07, 6.45) is 7.25. The minimum Gasteiger partial charge on any atom is -0.368 e. The van der Waals surface area contributed by atoms with Gasteiger partial charge in [-0.25, -0.2) is 0 Å². The molecular formula is C9H13Br3N2. The molecule has 5 heteroatoms. The van der Waals surface area contributed by atoms with Crippen LogP contribution in [-0.4, -0.2) is 9.97 Å². The number of halogens is 3. The Morgan fingerprint density at radius 3 is 1.29 bits per heavy atom. The zero-order valence-electron chi connectivity index (χ0n) is 7.37. The Bertz CT molecular complexity index is 204. The van der Waals surface area contributed by atoms with Crippen molar-refractivity contribution in [2.75, 3.05) is 0 Å². The molecule has 0 bridgehead atoms. The van der Waals surface area contributed by atoms with Crippen LogP contribution < -0.4 is 0 Å². The van der Waals surface area contributed by atoms with E-state index < -0.39 is 0 Å². The van der Waals surface area contributed by atoms with Crippen LogP contribution in [0, 0.1) is 0 Å². The Morgan fingerprint density at radius 2 is 1.14 bits per heavy atom. The number of pyridine rings is 1. The third-order valence-corrected chi connectivity index (χ3v) is 1.06. The first kappa shape index (κ1) is 19.4. The Hall–Kier alpha value is -0.130. The molecule has 2 aromatic heterocycles. The monoisotopic (exact) mass is 386 g/mol. The molecule has 2 aromatic rings. The van der Waals surface area contributed by atoms with Gasteiger partial charge in [-0.2, -0.15) is 0 Å². The summed E-state index contributed by atoms with van der Waals surface area (Å²) in [6.45, 7) is 0. The number of hydrogen-bond acceptors (Lipinski definition) is 1. The molecule has 0 spiro atoms. The predicted molar refractivity (Wildman–Crippen MR) is 76.0 cm³/mol. The van der Waals surface area contributed by atoms with E-state index in [2.05, 4.69) is 9.97 Å². The molecule has 0 radical (unpaired) electrons. The molecule has 2 heterocycles. The number of H-pyrrole nitrogens is 1. The summed E-state index contributed by atoms with van der Waals surface area (Å²) in [6, 6.07) is 9.60. The van der Waals surface area contributed by atoms with E-state index in [-0.39, 0.29) is 50.9 Å². The minimum atomic E-state index is 0. The van der Waals surface area contributed by atoms with Crippen LogP contribution in [0.2, 0.25) is 0 Å². The van der Waals surface area contributed by atoms with Crippen LogP contribution in [0.3, 0.4) is 0 Å². The van der Waals surface area contributed by atoms with E-state index in [1.165, 1.54) is 0 Å². The largest absolute Gasteiger partial charge is 0.368 e. The lowest BCUT2D eigenvalue weighted by Gasteiger charge is -1.70. The summed E-state index contributed by atoms with van der Waals surface area (Å²) in [5.74, 6) is 0. The first-order valence-corrected chi connectivity index (χ1v) is 3.43. The fourth-order valence-electron chi connectivity index (χ4n) is 0.590. The lowest BCUT2D eigenvalue weighted by molar-refractivity contribution is 1.33. The van der Waals surface area contributed by atoms with Gasteiger partial charge in [-0.3, -0.25) is 4.98 Å². The molecule has 0 amide bonds. The SMILES string of the molecule is Br.Br.Br.c1cc[nH]c1.c1ccncc1. The van der Waals surface area contributed by atoms with Gasteiger partial charge in [-0.15, -0.1) is 50.9 Å². The Morgan fingerprint density at radius 1 is 0.643 bits per heavy atom. The Balaban J connectivity index is -0.000000144. The second kappa shape index (κ2) is 15.3. The second-order valence-electron chi connectivity index (χ2n) is 1.91. The van der Waals surface area contributed by atoms with Crippen LogP contribution in [-0.2, 0) is 0 Å². The zero-order valence-corrected chi connectivity index (χ0v) is 12.5. The van der Waals surface area contributed by atoms with Crippen molar-refractivity contribution in [3.63, 3.8) is 0 Å². The number of rotatable bonds is 0. The van der Waals surface area contributed by atoms with Crippen LogP contribution in [0.1, 0.15) is 0 Å². The van der Waals surface area contributed by atoms with Crippen molar-refractivity contribution in [1.29, 1.82) is 0 Å². The van der Waals surface area contributed by atoms with E-state index in [1.54, 1.807) is 12.4 Å². The average Bonchev–Trinajstić information content (AvgIpc) is 2.64. The smallest absolute Gasteiger partial charge is 0.0267 e. The van der Waals surface area contributed by atoms with Gasteiger partial charge in [0.05, 0.1) is 0 Å². The first-order valence-electron chi connectivity index (χ1n) is 3.43. The molecule has 80 valence electrons. The molecule has 1 N–H and O–H groups in total. The predicted octanol–water partition coefficient (Wildman–Crippen LogP) is 3.83. The van der Waals surface area contributed by atoms with Gasteiger partial charge in [-0.1, -0.05) is 6.07 Å². The minimum absolute atomic E-state index is 0. The van der Waals surface area contributed by atoms with E-state index in [0.29, 0.717) is 0 Å². The van der Waals surface area contributed by atoms with Gasteiger partial charge in [0.1, 0.15) is 0 Å². The van der Waals surface area contributed by atoms with Crippen LogP contribution in [0.5, 0.6) is 0 Å². The van der Waals surface area contributed by atoms with Gasteiger partial charge < -0.3 is 4.98 Å². The summed E-state index contributed by atoms with van der Waals surface area (Å²) in [7, 11) is 0. The second-order valence-corrected chi connectivity index (χ2v) is 1.91. The molecule has 0 atom stereocenters. The topological polar surface area (TPSA) is 28.7 Å². The number of aromatic nitrogens is 2. The van der Waals surface area contributed by atoms with Crippen molar-refractivity contribution in [3.8, 4) is 0 Å². The van der Waals surface area contributed by atoms with Crippen LogP contribution >= 0.6 is 50.9 Å². The van der Waals surface area contributed by atoms with Gasteiger partial charge in [0.2, 0.25) is 0 Å². The summed E-state index contributed by atoms with van der Waals surface area (Å²) in [5.41, 5.74) is 0. The molecule has 0 saturated carbocycles. The number of aromatic amines is 1. The summed E-state index contributed by atoms with van der Waals surface area (Å²) < 4.78 is 0. The van der Waals surface area contributed by atoms with Gasteiger partial charge in [0.25, 0.3) is 0 Å². The third kappa shape index (κ3) is 11.9. The molecular weight excluding hydrogens is 376 g/mol. The normalized spacial score (nSPS) is 6.29. The van der Waals surface area contributed by atoms with E-state index in [0.717, 1.165) is 0 Å². The van der Waals surface area contributed by atoms with Crippen molar-refractivity contribution in [1.82, 2.24) is 9.97 Å². The molecule has 0 aliphatic carbocycles. The Kier molecular flexibility index (Phi) is 21.3. The summed E-state index contributed by atoms with van der Waals surface area (Å²) in [5, 5.41) is 0. The lowest BCUT2D eigenvalue weighted by Crippen LogP contribution is -1.58. The maximum atomic E-state index is 3.78. The highest BCUT2D eigenvalue weighted by molar-refractivity contribution is 8.93.